The van der Waals surface area contributed by atoms with Gasteiger partial charge in [-0.05, 0) is 69.5 Å². The highest BCUT2D eigenvalue weighted by Gasteiger charge is 2.40. The molecule has 3 aliphatic rings. The molecule has 1 aliphatic heterocycles. The molecule has 2 bridgehead atoms. The Morgan fingerprint density at radius 2 is 1.83 bits per heavy atom. The van der Waals surface area contributed by atoms with E-state index in [1.54, 1.807) is 7.11 Å². The molecule has 0 spiro atoms. The number of carbonyl (C=O) groups is 1. The van der Waals surface area contributed by atoms with Crippen molar-refractivity contribution in [2.24, 2.45) is 23.5 Å². The predicted molar refractivity (Wildman–Crippen MR) is 116 cm³/mol. The lowest BCUT2D eigenvalue weighted by atomic mass is 9.65. The monoisotopic (exact) mass is 399 g/mol. The van der Waals surface area contributed by atoms with Gasteiger partial charge in [0.05, 0.1) is 13.2 Å². The molecular formula is C24H37N3O2. The van der Waals surface area contributed by atoms with Crippen LogP contribution in [0, 0.1) is 17.8 Å². The SMILES string of the molecule is COc1ccccc1C(CNC(=O)C1CC2CCCC(C1)C2N)N1CCCCC1. The predicted octanol–water partition coefficient (Wildman–Crippen LogP) is 3.49. The van der Waals surface area contributed by atoms with Gasteiger partial charge in [0, 0.05) is 24.1 Å². The Bertz CT molecular complexity index is 674. The van der Waals surface area contributed by atoms with Gasteiger partial charge in [-0.3, -0.25) is 9.69 Å². The number of rotatable bonds is 6. The molecule has 1 heterocycles. The van der Waals surface area contributed by atoms with Gasteiger partial charge in [0.1, 0.15) is 5.75 Å². The Kier molecular flexibility index (Phi) is 6.76. The number of hydrogen-bond acceptors (Lipinski definition) is 4. The number of amides is 1. The number of carbonyl (C=O) groups excluding carboxylic acids is 1. The van der Waals surface area contributed by atoms with Gasteiger partial charge in [-0.15, -0.1) is 0 Å². The molecule has 2 saturated carbocycles. The summed E-state index contributed by atoms with van der Waals surface area (Å²) in [5, 5.41) is 3.33. The number of piperidine rings is 1. The second kappa shape index (κ2) is 9.48. The maximum Gasteiger partial charge on any atom is 0.223 e. The molecule has 0 radical (unpaired) electrons. The lowest BCUT2D eigenvalue weighted by Crippen LogP contribution is -2.50. The molecule has 4 rings (SSSR count). The fraction of sp³-hybridized carbons (Fsp3) is 0.708. The van der Waals surface area contributed by atoms with Crippen molar-refractivity contribution in [2.75, 3.05) is 26.7 Å². The number of likely N-dealkylation sites (tertiary alicyclic amines) is 1. The van der Waals surface area contributed by atoms with Gasteiger partial charge in [0.15, 0.2) is 0 Å². The second-order valence-electron chi connectivity index (χ2n) is 9.30. The average molecular weight is 400 g/mol. The van der Waals surface area contributed by atoms with Gasteiger partial charge in [0.2, 0.25) is 5.91 Å². The van der Waals surface area contributed by atoms with Crippen LogP contribution in [0.25, 0.3) is 0 Å². The maximum atomic E-state index is 13.1. The van der Waals surface area contributed by atoms with Crippen molar-refractivity contribution >= 4 is 5.91 Å². The molecule has 1 amide bonds. The molecule has 3 fully saturated rings. The number of hydrogen-bond donors (Lipinski definition) is 2. The summed E-state index contributed by atoms with van der Waals surface area (Å²) >= 11 is 0. The molecule has 2 aliphatic carbocycles. The summed E-state index contributed by atoms with van der Waals surface area (Å²) in [6.45, 7) is 2.82. The minimum Gasteiger partial charge on any atom is -0.496 e. The van der Waals surface area contributed by atoms with Crippen LogP contribution in [0.2, 0.25) is 0 Å². The summed E-state index contributed by atoms with van der Waals surface area (Å²) in [5.74, 6) is 2.33. The Labute approximate surface area is 175 Å². The molecule has 5 nitrogen and oxygen atoms in total. The van der Waals surface area contributed by atoms with Gasteiger partial charge in [0.25, 0.3) is 0 Å². The summed E-state index contributed by atoms with van der Waals surface area (Å²) in [7, 11) is 1.73. The quantitative estimate of drug-likeness (QED) is 0.768. The van der Waals surface area contributed by atoms with Crippen LogP contribution >= 0.6 is 0 Å². The fourth-order valence-corrected chi connectivity index (χ4v) is 5.95. The minimum absolute atomic E-state index is 0.129. The smallest absolute Gasteiger partial charge is 0.223 e. The van der Waals surface area contributed by atoms with E-state index in [4.69, 9.17) is 10.5 Å². The van der Waals surface area contributed by atoms with Crippen LogP contribution in [0.1, 0.15) is 63.0 Å². The zero-order valence-corrected chi connectivity index (χ0v) is 17.8. The van der Waals surface area contributed by atoms with E-state index < -0.39 is 0 Å². The third-order valence-electron chi connectivity index (χ3n) is 7.58. The van der Waals surface area contributed by atoms with E-state index in [0.717, 1.165) is 31.7 Å². The van der Waals surface area contributed by atoms with Crippen LogP contribution in [0.5, 0.6) is 5.75 Å². The first-order valence-electron chi connectivity index (χ1n) is 11.6. The highest BCUT2D eigenvalue weighted by atomic mass is 16.5. The van der Waals surface area contributed by atoms with E-state index in [-0.39, 0.29) is 17.9 Å². The highest BCUT2D eigenvalue weighted by molar-refractivity contribution is 5.79. The average Bonchev–Trinajstić information content (AvgIpc) is 2.74. The number of nitrogens with zero attached hydrogens (tertiary/aromatic N) is 1. The fourth-order valence-electron chi connectivity index (χ4n) is 5.95. The lowest BCUT2D eigenvalue weighted by molar-refractivity contribution is -0.128. The first-order chi connectivity index (χ1) is 14.2. The zero-order chi connectivity index (χ0) is 20.2. The first kappa shape index (κ1) is 20.7. The summed E-state index contributed by atoms with van der Waals surface area (Å²) in [6.07, 6.45) is 9.35. The number of nitrogens with two attached hydrogens (primary N) is 1. The van der Waals surface area contributed by atoms with E-state index in [1.807, 2.05) is 12.1 Å². The highest BCUT2D eigenvalue weighted by Crippen LogP contribution is 2.42. The Morgan fingerprint density at radius 3 is 2.52 bits per heavy atom. The van der Waals surface area contributed by atoms with Crippen molar-refractivity contribution in [3.05, 3.63) is 29.8 Å². The molecule has 5 heteroatoms. The third-order valence-corrected chi connectivity index (χ3v) is 7.58. The molecule has 3 atom stereocenters. The second-order valence-corrected chi connectivity index (χ2v) is 9.30. The van der Waals surface area contributed by atoms with Crippen molar-refractivity contribution in [1.29, 1.82) is 0 Å². The largest absolute Gasteiger partial charge is 0.496 e. The molecule has 3 N–H and O–H groups in total. The van der Waals surface area contributed by atoms with Gasteiger partial charge < -0.3 is 15.8 Å². The van der Waals surface area contributed by atoms with Crippen LogP contribution in [-0.2, 0) is 4.79 Å². The van der Waals surface area contributed by atoms with Gasteiger partial charge >= 0.3 is 0 Å². The minimum atomic E-state index is 0.129. The number of para-hydroxylation sites is 1. The molecule has 3 unspecified atom stereocenters. The van der Waals surface area contributed by atoms with E-state index in [9.17, 15) is 4.79 Å². The van der Waals surface area contributed by atoms with Crippen molar-refractivity contribution in [3.8, 4) is 5.75 Å². The van der Waals surface area contributed by atoms with Crippen LogP contribution < -0.4 is 15.8 Å². The van der Waals surface area contributed by atoms with Gasteiger partial charge in [-0.1, -0.05) is 31.0 Å². The van der Waals surface area contributed by atoms with E-state index in [1.165, 1.54) is 44.1 Å². The number of fused-ring (bicyclic) bond motifs is 2. The van der Waals surface area contributed by atoms with E-state index in [0.29, 0.717) is 24.4 Å². The molecule has 1 aromatic rings. The first-order valence-corrected chi connectivity index (χ1v) is 11.6. The normalized spacial score (nSPS) is 31.1. The van der Waals surface area contributed by atoms with Crippen LogP contribution in [0.4, 0.5) is 0 Å². The van der Waals surface area contributed by atoms with Crippen molar-refractivity contribution < 1.29 is 9.53 Å². The number of nitrogens with one attached hydrogen (secondary N) is 1. The Morgan fingerprint density at radius 1 is 1.14 bits per heavy atom. The van der Waals surface area contributed by atoms with Crippen molar-refractivity contribution in [1.82, 2.24) is 10.2 Å². The lowest BCUT2D eigenvalue weighted by Gasteiger charge is -2.43. The topological polar surface area (TPSA) is 67.6 Å². The number of ether oxygens (including phenoxy) is 1. The molecule has 1 aromatic carbocycles. The number of benzene rings is 1. The summed E-state index contributed by atoms with van der Waals surface area (Å²) in [4.78, 5) is 15.6. The summed E-state index contributed by atoms with van der Waals surface area (Å²) < 4.78 is 5.65. The van der Waals surface area contributed by atoms with Crippen LogP contribution in [-0.4, -0.2) is 43.6 Å². The van der Waals surface area contributed by atoms with E-state index in [2.05, 4.69) is 22.3 Å². The third kappa shape index (κ3) is 4.61. The van der Waals surface area contributed by atoms with Gasteiger partial charge in [-0.25, -0.2) is 0 Å². The molecule has 29 heavy (non-hydrogen) atoms. The van der Waals surface area contributed by atoms with Crippen molar-refractivity contribution in [2.45, 2.75) is 63.5 Å². The van der Waals surface area contributed by atoms with Crippen LogP contribution in [0.3, 0.4) is 0 Å². The molecular weight excluding hydrogens is 362 g/mol. The molecule has 1 saturated heterocycles. The van der Waals surface area contributed by atoms with Gasteiger partial charge in [-0.2, -0.15) is 0 Å². The summed E-state index contributed by atoms with van der Waals surface area (Å²) in [5.41, 5.74) is 7.60. The standard InChI is InChI=1S/C24H37N3O2/c1-29-22-11-4-3-10-20(22)21(27-12-5-2-6-13-27)16-26-24(28)19-14-17-8-7-9-18(15-19)23(17)25/h3-4,10-11,17-19,21,23H,2,5-9,12-16,25H2,1H3,(H,26,28). The Hall–Kier alpha value is -1.59. The summed E-state index contributed by atoms with van der Waals surface area (Å²) in [6, 6.07) is 8.73. The molecule has 160 valence electrons. The maximum absolute atomic E-state index is 13.1. The van der Waals surface area contributed by atoms with E-state index >= 15 is 0 Å². The molecule has 0 aromatic heterocycles. The van der Waals surface area contributed by atoms with Crippen molar-refractivity contribution in [3.63, 3.8) is 0 Å². The number of methoxy groups -OCH3 is 1. The van der Waals surface area contributed by atoms with Crippen LogP contribution in [0.15, 0.2) is 24.3 Å². The zero-order valence-electron chi connectivity index (χ0n) is 17.8. The Balaban J connectivity index is 1.44.